The molecule has 0 radical (unpaired) electrons. The van der Waals surface area contributed by atoms with Crippen LogP contribution in [0.5, 0.6) is 11.5 Å². The van der Waals surface area contributed by atoms with Crippen molar-refractivity contribution in [2.24, 2.45) is 5.92 Å². The Morgan fingerprint density at radius 3 is 2.32 bits per heavy atom. The summed E-state index contributed by atoms with van der Waals surface area (Å²) in [6.07, 6.45) is 3.99. The summed E-state index contributed by atoms with van der Waals surface area (Å²) in [5, 5.41) is 11.7. The topological polar surface area (TPSA) is 78.9 Å². The molecule has 6 heteroatoms. The van der Waals surface area contributed by atoms with E-state index < -0.39 is 5.91 Å². The van der Waals surface area contributed by atoms with E-state index in [-0.39, 0.29) is 11.8 Å². The molecule has 1 aliphatic rings. The molecule has 6 nitrogen and oxygen atoms in total. The zero-order valence-corrected chi connectivity index (χ0v) is 16.1. The van der Waals surface area contributed by atoms with Crippen LogP contribution in [-0.2, 0) is 6.42 Å². The van der Waals surface area contributed by atoms with Crippen molar-refractivity contribution in [2.75, 3.05) is 20.2 Å². The van der Waals surface area contributed by atoms with Gasteiger partial charge in [0, 0.05) is 18.7 Å². The van der Waals surface area contributed by atoms with Crippen LogP contribution in [0.1, 0.15) is 35.2 Å². The summed E-state index contributed by atoms with van der Waals surface area (Å²) in [6.45, 7) is 1.31. The van der Waals surface area contributed by atoms with E-state index in [0.717, 1.165) is 31.4 Å². The number of rotatable bonds is 5. The maximum atomic E-state index is 12.3. The van der Waals surface area contributed by atoms with Gasteiger partial charge < -0.3 is 14.7 Å². The lowest BCUT2D eigenvalue weighted by molar-refractivity contribution is 0.0944. The van der Waals surface area contributed by atoms with Crippen LogP contribution in [0.2, 0.25) is 0 Å². The fourth-order valence-electron chi connectivity index (χ4n) is 3.45. The SMILES string of the molecule is COc1ccc(CCC2CCN(C(=O)NC(=O)c3ccc(O)cc3)CC2)cc1. The first-order valence-electron chi connectivity index (χ1n) is 9.57. The lowest BCUT2D eigenvalue weighted by Crippen LogP contribution is -2.46. The summed E-state index contributed by atoms with van der Waals surface area (Å²) in [6, 6.07) is 13.6. The fourth-order valence-corrected chi connectivity index (χ4v) is 3.45. The molecule has 0 spiro atoms. The second-order valence-corrected chi connectivity index (χ2v) is 7.12. The number of likely N-dealkylation sites (tertiary alicyclic amines) is 1. The molecule has 0 atom stereocenters. The number of aryl methyl sites for hydroxylation is 1. The summed E-state index contributed by atoms with van der Waals surface area (Å²) in [5.74, 6) is 1.08. The van der Waals surface area contributed by atoms with Crippen LogP contribution in [-0.4, -0.2) is 42.1 Å². The molecule has 2 aromatic carbocycles. The Bertz CT molecular complexity index is 794. The standard InChI is InChI=1S/C22H26N2O4/c1-28-20-10-4-16(5-11-20)2-3-17-12-14-24(15-13-17)22(27)23-21(26)18-6-8-19(25)9-7-18/h4-11,17,25H,2-3,12-15H2,1H3,(H,23,26,27). The Hall–Kier alpha value is -3.02. The molecule has 3 amide bonds. The van der Waals surface area contributed by atoms with Gasteiger partial charge in [-0.05, 0) is 73.6 Å². The Morgan fingerprint density at radius 2 is 1.71 bits per heavy atom. The largest absolute Gasteiger partial charge is 0.508 e. The number of nitrogens with one attached hydrogen (secondary N) is 1. The lowest BCUT2D eigenvalue weighted by atomic mass is 9.90. The molecule has 0 aliphatic carbocycles. The molecule has 3 rings (SSSR count). The van der Waals surface area contributed by atoms with Crippen LogP contribution in [0.15, 0.2) is 48.5 Å². The molecule has 1 aliphatic heterocycles. The van der Waals surface area contributed by atoms with Crippen molar-refractivity contribution in [3.63, 3.8) is 0 Å². The number of amides is 3. The van der Waals surface area contributed by atoms with E-state index in [2.05, 4.69) is 17.4 Å². The smallest absolute Gasteiger partial charge is 0.324 e. The van der Waals surface area contributed by atoms with Gasteiger partial charge in [0.1, 0.15) is 11.5 Å². The van der Waals surface area contributed by atoms with Gasteiger partial charge in [-0.15, -0.1) is 0 Å². The average Bonchev–Trinajstić information content (AvgIpc) is 2.73. The first kappa shape index (κ1) is 19.7. The third-order valence-corrected chi connectivity index (χ3v) is 5.25. The Morgan fingerprint density at radius 1 is 1.07 bits per heavy atom. The Balaban J connectivity index is 1.42. The number of carbonyl (C=O) groups is 2. The van der Waals surface area contributed by atoms with E-state index >= 15 is 0 Å². The molecule has 148 valence electrons. The molecule has 1 fully saturated rings. The molecule has 0 aromatic heterocycles. The number of imide groups is 1. The average molecular weight is 382 g/mol. The van der Waals surface area contributed by atoms with E-state index in [9.17, 15) is 14.7 Å². The molecular weight excluding hydrogens is 356 g/mol. The summed E-state index contributed by atoms with van der Waals surface area (Å²) in [7, 11) is 1.66. The van der Waals surface area contributed by atoms with E-state index in [1.807, 2.05) is 12.1 Å². The number of carbonyl (C=O) groups excluding carboxylic acids is 2. The molecule has 1 saturated heterocycles. The number of phenols is 1. The quantitative estimate of drug-likeness (QED) is 0.828. The molecule has 2 aromatic rings. The number of benzene rings is 2. The van der Waals surface area contributed by atoms with Crippen molar-refractivity contribution < 1.29 is 19.4 Å². The van der Waals surface area contributed by atoms with Gasteiger partial charge >= 0.3 is 6.03 Å². The highest BCUT2D eigenvalue weighted by Gasteiger charge is 2.24. The minimum Gasteiger partial charge on any atom is -0.508 e. The van der Waals surface area contributed by atoms with Gasteiger partial charge in [0.2, 0.25) is 0 Å². The van der Waals surface area contributed by atoms with Crippen molar-refractivity contribution in [2.45, 2.75) is 25.7 Å². The minimum atomic E-state index is -0.452. The number of piperidine rings is 1. The van der Waals surface area contributed by atoms with Gasteiger partial charge in [-0.2, -0.15) is 0 Å². The maximum Gasteiger partial charge on any atom is 0.324 e. The third kappa shape index (κ3) is 5.25. The maximum absolute atomic E-state index is 12.3. The predicted octanol–water partition coefficient (Wildman–Crippen LogP) is 3.60. The van der Waals surface area contributed by atoms with Gasteiger partial charge in [-0.25, -0.2) is 4.79 Å². The lowest BCUT2D eigenvalue weighted by Gasteiger charge is -2.31. The molecule has 0 saturated carbocycles. The predicted molar refractivity (Wildman–Crippen MR) is 107 cm³/mol. The highest BCUT2D eigenvalue weighted by Crippen LogP contribution is 2.23. The zero-order valence-electron chi connectivity index (χ0n) is 16.1. The van der Waals surface area contributed by atoms with Crippen molar-refractivity contribution in [3.05, 3.63) is 59.7 Å². The third-order valence-electron chi connectivity index (χ3n) is 5.25. The van der Waals surface area contributed by atoms with Crippen molar-refractivity contribution >= 4 is 11.9 Å². The number of methoxy groups -OCH3 is 1. The number of hydrogen-bond donors (Lipinski definition) is 2. The number of hydrogen-bond acceptors (Lipinski definition) is 4. The molecule has 1 heterocycles. The van der Waals surface area contributed by atoms with Crippen molar-refractivity contribution in [1.29, 1.82) is 0 Å². The number of urea groups is 1. The summed E-state index contributed by atoms with van der Waals surface area (Å²) in [4.78, 5) is 26.2. The van der Waals surface area contributed by atoms with E-state index in [4.69, 9.17) is 4.74 Å². The summed E-state index contributed by atoms with van der Waals surface area (Å²) >= 11 is 0. The molecule has 2 N–H and O–H groups in total. The van der Waals surface area contributed by atoms with Gasteiger partial charge in [-0.3, -0.25) is 10.1 Å². The highest BCUT2D eigenvalue weighted by molar-refractivity contribution is 6.04. The van der Waals surface area contributed by atoms with Crippen LogP contribution in [0.4, 0.5) is 4.79 Å². The van der Waals surface area contributed by atoms with Crippen LogP contribution < -0.4 is 10.1 Å². The molecule has 28 heavy (non-hydrogen) atoms. The van der Waals surface area contributed by atoms with E-state index in [0.29, 0.717) is 24.6 Å². The molecular formula is C22H26N2O4. The number of phenolic OH excluding ortho intramolecular Hbond substituents is 1. The Labute approximate surface area is 165 Å². The number of aromatic hydroxyl groups is 1. The van der Waals surface area contributed by atoms with Gasteiger partial charge in [0.25, 0.3) is 5.91 Å². The summed E-state index contributed by atoms with van der Waals surface area (Å²) in [5.41, 5.74) is 1.64. The molecule has 0 bridgehead atoms. The van der Waals surface area contributed by atoms with Crippen molar-refractivity contribution in [1.82, 2.24) is 10.2 Å². The van der Waals surface area contributed by atoms with Crippen LogP contribution in [0, 0.1) is 5.92 Å². The van der Waals surface area contributed by atoms with E-state index in [1.165, 1.54) is 29.8 Å². The van der Waals surface area contributed by atoms with Gasteiger partial charge in [0.15, 0.2) is 0 Å². The first-order chi connectivity index (χ1) is 13.5. The number of ether oxygens (including phenoxy) is 1. The second kappa shape index (κ2) is 9.26. The zero-order chi connectivity index (χ0) is 19.9. The van der Waals surface area contributed by atoms with Crippen LogP contribution in [0.3, 0.4) is 0 Å². The summed E-state index contributed by atoms with van der Waals surface area (Å²) < 4.78 is 5.18. The molecule has 0 unspecified atom stereocenters. The van der Waals surface area contributed by atoms with Gasteiger partial charge in [0.05, 0.1) is 7.11 Å². The van der Waals surface area contributed by atoms with Gasteiger partial charge in [-0.1, -0.05) is 12.1 Å². The monoisotopic (exact) mass is 382 g/mol. The fraction of sp³-hybridized carbons (Fsp3) is 0.364. The normalized spacial score (nSPS) is 14.5. The first-order valence-corrected chi connectivity index (χ1v) is 9.57. The van der Waals surface area contributed by atoms with E-state index in [1.54, 1.807) is 12.0 Å². The Kier molecular flexibility index (Phi) is 6.53. The minimum absolute atomic E-state index is 0.0830. The van der Waals surface area contributed by atoms with Crippen LogP contribution in [0.25, 0.3) is 0 Å². The number of nitrogens with zero attached hydrogens (tertiary/aromatic N) is 1. The van der Waals surface area contributed by atoms with Crippen LogP contribution >= 0.6 is 0 Å². The van der Waals surface area contributed by atoms with Crippen molar-refractivity contribution in [3.8, 4) is 11.5 Å². The second-order valence-electron chi connectivity index (χ2n) is 7.12. The highest BCUT2D eigenvalue weighted by atomic mass is 16.5.